The second-order valence-electron chi connectivity index (χ2n) is 6.31. The summed E-state index contributed by atoms with van der Waals surface area (Å²) in [5, 5.41) is 0.306. The lowest BCUT2D eigenvalue weighted by atomic mass is 9.92. The molecule has 5 nitrogen and oxygen atoms in total. The number of benzene rings is 2. The summed E-state index contributed by atoms with van der Waals surface area (Å²) in [6, 6.07) is 13.9. The third-order valence-corrected chi connectivity index (χ3v) is 4.51. The molecule has 8 heteroatoms. The number of halogens is 3. The van der Waals surface area contributed by atoms with E-state index >= 15 is 0 Å². The first-order valence-electron chi connectivity index (χ1n) is 8.62. The lowest BCUT2D eigenvalue weighted by Crippen LogP contribution is -2.51. The first-order valence-corrected chi connectivity index (χ1v) is 8.62. The molecule has 0 N–H and O–H groups in total. The molecule has 0 unspecified atom stereocenters. The van der Waals surface area contributed by atoms with E-state index in [-0.39, 0.29) is 11.3 Å². The van der Waals surface area contributed by atoms with Gasteiger partial charge in [0.25, 0.3) is 5.60 Å². The summed E-state index contributed by atoms with van der Waals surface area (Å²) in [5.41, 5.74) is -3.91. The molecular formula is C21H17F3O5. The molecule has 0 spiro atoms. The normalized spacial score (nSPS) is 14.9. The van der Waals surface area contributed by atoms with Gasteiger partial charge in [0, 0.05) is 18.7 Å². The van der Waals surface area contributed by atoms with E-state index in [2.05, 4.69) is 4.74 Å². The number of fused-ring (bicyclic) bond motifs is 1. The molecule has 0 amide bonds. The fraction of sp³-hybridized carbons (Fsp3) is 0.238. The maximum absolute atomic E-state index is 13.9. The van der Waals surface area contributed by atoms with Gasteiger partial charge in [0.1, 0.15) is 11.3 Å². The van der Waals surface area contributed by atoms with Crippen molar-refractivity contribution in [1.82, 2.24) is 0 Å². The van der Waals surface area contributed by atoms with Crippen LogP contribution < -0.4 is 5.43 Å². The Bertz CT molecular complexity index is 1070. The average Bonchev–Trinajstić information content (AvgIpc) is 2.68. The largest absolute Gasteiger partial charge is 0.457 e. The Morgan fingerprint density at radius 1 is 1.03 bits per heavy atom. The van der Waals surface area contributed by atoms with Gasteiger partial charge in [0.15, 0.2) is 11.5 Å². The monoisotopic (exact) mass is 406 g/mol. The summed E-state index contributed by atoms with van der Waals surface area (Å²) in [7, 11) is 0.780. The first kappa shape index (κ1) is 20.6. The van der Waals surface area contributed by atoms with Crippen molar-refractivity contribution in [2.45, 2.75) is 24.8 Å². The van der Waals surface area contributed by atoms with E-state index in [0.29, 0.717) is 5.39 Å². The number of methoxy groups -OCH3 is 1. The number of hydrogen-bond donors (Lipinski definition) is 0. The van der Waals surface area contributed by atoms with Gasteiger partial charge in [-0.1, -0.05) is 42.5 Å². The molecule has 1 aromatic heterocycles. The fourth-order valence-corrected chi connectivity index (χ4v) is 3.01. The van der Waals surface area contributed by atoms with Gasteiger partial charge >= 0.3 is 12.1 Å². The molecule has 3 rings (SSSR count). The van der Waals surface area contributed by atoms with Crippen LogP contribution in [0.15, 0.2) is 69.9 Å². The standard InChI is InChI=1S/C21H17F3O5/c1-13(18-12-16(25)15-10-6-7-11-17(15)29-18)28-19(26)20(27-2,21(22,23)24)14-8-4-3-5-9-14/h3-13H,1-2H3/t13-,20+/m1/s1. The Balaban J connectivity index is 1.99. The van der Waals surface area contributed by atoms with Crippen LogP contribution in [0.2, 0.25) is 0 Å². The molecule has 0 aliphatic carbocycles. The minimum atomic E-state index is -5.09. The van der Waals surface area contributed by atoms with Crippen molar-refractivity contribution in [3.8, 4) is 0 Å². The lowest BCUT2D eigenvalue weighted by Gasteiger charge is -2.33. The van der Waals surface area contributed by atoms with E-state index in [1.165, 1.54) is 31.2 Å². The van der Waals surface area contributed by atoms with E-state index in [0.717, 1.165) is 25.3 Å². The topological polar surface area (TPSA) is 65.7 Å². The summed E-state index contributed by atoms with van der Waals surface area (Å²) >= 11 is 0. The molecule has 0 fully saturated rings. The Hall–Kier alpha value is -3.13. The van der Waals surface area contributed by atoms with Crippen LogP contribution in [0.1, 0.15) is 24.4 Å². The summed E-state index contributed by atoms with van der Waals surface area (Å²) in [6.07, 6.45) is -6.36. The maximum Gasteiger partial charge on any atom is 0.432 e. The molecule has 0 aliphatic rings. The highest BCUT2D eigenvalue weighted by atomic mass is 19.4. The number of para-hydroxylation sites is 1. The second-order valence-corrected chi connectivity index (χ2v) is 6.31. The highest BCUT2D eigenvalue weighted by Gasteiger charge is 2.64. The summed E-state index contributed by atoms with van der Waals surface area (Å²) in [5.74, 6) is -1.75. The first-order chi connectivity index (χ1) is 13.7. The third-order valence-electron chi connectivity index (χ3n) is 4.51. The molecule has 3 aromatic rings. The van der Waals surface area contributed by atoms with Crippen molar-refractivity contribution in [2.24, 2.45) is 0 Å². The zero-order chi connectivity index (χ0) is 21.2. The number of alkyl halides is 3. The number of carbonyl (C=O) groups is 1. The maximum atomic E-state index is 13.9. The molecule has 1 heterocycles. The lowest BCUT2D eigenvalue weighted by molar-refractivity contribution is -0.278. The molecule has 0 radical (unpaired) electrons. The van der Waals surface area contributed by atoms with E-state index in [9.17, 15) is 22.8 Å². The quantitative estimate of drug-likeness (QED) is 0.584. The molecule has 2 aromatic carbocycles. The van der Waals surface area contributed by atoms with Gasteiger partial charge in [-0.05, 0) is 19.1 Å². The van der Waals surface area contributed by atoms with E-state index in [1.54, 1.807) is 18.2 Å². The van der Waals surface area contributed by atoms with Crippen LogP contribution in [0.3, 0.4) is 0 Å². The Labute approximate surface area is 163 Å². The minimum Gasteiger partial charge on any atom is -0.457 e. The van der Waals surface area contributed by atoms with Gasteiger partial charge in [0.05, 0.1) is 5.39 Å². The molecule has 29 heavy (non-hydrogen) atoms. The zero-order valence-electron chi connectivity index (χ0n) is 15.5. The summed E-state index contributed by atoms with van der Waals surface area (Å²) in [4.78, 5) is 24.9. The molecule has 0 bridgehead atoms. The third kappa shape index (κ3) is 3.63. The van der Waals surface area contributed by atoms with Crippen LogP contribution in [-0.2, 0) is 19.9 Å². The zero-order valence-corrected chi connectivity index (χ0v) is 15.5. The molecular weight excluding hydrogens is 389 g/mol. The number of carbonyl (C=O) groups excluding carboxylic acids is 1. The van der Waals surface area contributed by atoms with Crippen LogP contribution in [-0.4, -0.2) is 19.3 Å². The van der Waals surface area contributed by atoms with Crippen molar-refractivity contribution in [2.75, 3.05) is 7.11 Å². The van der Waals surface area contributed by atoms with Gasteiger partial charge in [0.2, 0.25) is 0 Å². The highest BCUT2D eigenvalue weighted by Crippen LogP contribution is 2.43. The number of rotatable bonds is 5. The van der Waals surface area contributed by atoms with Crippen molar-refractivity contribution < 1.29 is 31.9 Å². The Morgan fingerprint density at radius 2 is 1.66 bits per heavy atom. The Kier molecular flexibility index (Phi) is 5.48. The van der Waals surface area contributed by atoms with Crippen LogP contribution in [0, 0.1) is 0 Å². The predicted molar refractivity (Wildman–Crippen MR) is 98.2 cm³/mol. The SMILES string of the molecule is CO[C@](C(=O)O[C@H](C)c1cc(=O)c2ccccc2o1)(c1ccccc1)C(F)(F)F. The molecule has 2 atom stereocenters. The van der Waals surface area contributed by atoms with Gasteiger partial charge in [-0.25, -0.2) is 4.79 Å². The van der Waals surface area contributed by atoms with Gasteiger partial charge in [-0.2, -0.15) is 13.2 Å². The summed E-state index contributed by atoms with van der Waals surface area (Å²) in [6.45, 7) is 1.31. The van der Waals surface area contributed by atoms with Gasteiger partial charge in [-0.3, -0.25) is 4.79 Å². The van der Waals surface area contributed by atoms with Gasteiger partial charge in [-0.15, -0.1) is 0 Å². The van der Waals surface area contributed by atoms with Crippen LogP contribution in [0.25, 0.3) is 11.0 Å². The summed E-state index contributed by atoms with van der Waals surface area (Å²) < 4.78 is 57.1. The van der Waals surface area contributed by atoms with Crippen LogP contribution >= 0.6 is 0 Å². The predicted octanol–water partition coefficient (Wildman–Crippen LogP) is 4.50. The number of esters is 1. The van der Waals surface area contributed by atoms with Crippen molar-refractivity contribution in [1.29, 1.82) is 0 Å². The average molecular weight is 406 g/mol. The molecule has 152 valence electrons. The number of ether oxygens (including phenoxy) is 2. The number of hydrogen-bond acceptors (Lipinski definition) is 5. The highest BCUT2D eigenvalue weighted by molar-refractivity contribution is 5.83. The Morgan fingerprint density at radius 3 is 2.28 bits per heavy atom. The smallest absolute Gasteiger partial charge is 0.432 e. The van der Waals surface area contributed by atoms with Gasteiger partial charge < -0.3 is 13.9 Å². The minimum absolute atomic E-state index is 0.0812. The molecule has 0 saturated heterocycles. The van der Waals surface area contributed by atoms with Crippen LogP contribution in [0.4, 0.5) is 13.2 Å². The van der Waals surface area contributed by atoms with Crippen molar-refractivity contribution >= 4 is 16.9 Å². The molecule has 0 aliphatic heterocycles. The van der Waals surface area contributed by atoms with Crippen molar-refractivity contribution in [3.05, 3.63) is 82.2 Å². The second kappa shape index (κ2) is 7.71. The van der Waals surface area contributed by atoms with E-state index in [4.69, 9.17) is 9.15 Å². The van der Waals surface area contributed by atoms with E-state index < -0.39 is 34.8 Å². The van der Waals surface area contributed by atoms with E-state index in [1.807, 2.05) is 0 Å². The fourth-order valence-electron chi connectivity index (χ4n) is 3.01. The molecule has 0 saturated carbocycles. The van der Waals surface area contributed by atoms with Crippen molar-refractivity contribution in [3.63, 3.8) is 0 Å². The van der Waals surface area contributed by atoms with Crippen LogP contribution in [0.5, 0.6) is 0 Å².